The molecular weight excluding hydrogens is 160 g/mol. The van der Waals surface area contributed by atoms with E-state index in [9.17, 15) is 0 Å². The van der Waals surface area contributed by atoms with Crippen molar-refractivity contribution in [3.05, 3.63) is 0 Å². The Bertz CT molecular complexity index is 115. The van der Waals surface area contributed by atoms with Gasteiger partial charge in [0.25, 0.3) is 0 Å². The molecule has 0 saturated carbocycles. The maximum atomic E-state index is 3.27. The highest BCUT2D eigenvalue weighted by Crippen LogP contribution is 2.10. The molecule has 0 aliphatic heterocycles. The van der Waals surface area contributed by atoms with Crippen LogP contribution in [-0.2, 0) is 0 Å². The Morgan fingerprint density at radius 1 is 1.15 bits per heavy atom. The molecule has 0 fully saturated rings. The Morgan fingerprint density at radius 2 is 1.77 bits per heavy atom. The highest BCUT2D eigenvalue weighted by atomic mass is 15.2. The fraction of sp³-hybridized carbons (Fsp3) is 1.00. The fourth-order valence-corrected chi connectivity index (χ4v) is 1.90. The van der Waals surface area contributed by atoms with Gasteiger partial charge < -0.3 is 5.32 Å². The van der Waals surface area contributed by atoms with Crippen molar-refractivity contribution in [1.82, 2.24) is 10.2 Å². The molecule has 0 aromatic carbocycles. The number of hydrogen-bond acceptors (Lipinski definition) is 2. The molecule has 0 heterocycles. The normalized spacial score (nSPS) is 16.2. The molecular formula is C11H26N2. The molecule has 1 N–H and O–H groups in total. The molecule has 80 valence electrons. The van der Waals surface area contributed by atoms with Crippen molar-refractivity contribution in [2.75, 3.05) is 20.1 Å². The van der Waals surface area contributed by atoms with Gasteiger partial charge in [-0.15, -0.1) is 0 Å². The van der Waals surface area contributed by atoms with Crippen LogP contribution in [0.25, 0.3) is 0 Å². The first-order chi connectivity index (χ1) is 6.21. The third-order valence-electron chi connectivity index (χ3n) is 2.90. The summed E-state index contributed by atoms with van der Waals surface area (Å²) in [7, 11) is 2.03. The Labute approximate surface area is 83.7 Å². The fourth-order valence-electron chi connectivity index (χ4n) is 1.90. The molecule has 0 aliphatic rings. The van der Waals surface area contributed by atoms with Gasteiger partial charge in [-0.25, -0.2) is 0 Å². The monoisotopic (exact) mass is 186 g/mol. The van der Waals surface area contributed by atoms with Crippen molar-refractivity contribution >= 4 is 0 Å². The topological polar surface area (TPSA) is 15.3 Å². The van der Waals surface area contributed by atoms with E-state index >= 15 is 0 Å². The van der Waals surface area contributed by atoms with E-state index in [2.05, 4.69) is 37.9 Å². The summed E-state index contributed by atoms with van der Waals surface area (Å²) < 4.78 is 0. The largest absolute Gasteiger partial charge is 0.318 e. The molecule has 0 aliphatic carbocycles. The summed E-state index contributed by atoms with van der Waals surface area (Å²) in [5, 5.41) is 3.27. The molecule has 2 heteroatoms. The quantitative estimate of drug-likeness (QED) is 0.655. The summed E-state index contributed by atoms with van der Waals surface area (Å²) in [4.78, 5) is 2.59. The van der Waals surface area contributed by atoms with Crippen LogP contribution in [-0.4, -0.2) is 37.1 Å². The standard InChI is InChI=1S/C11H26N2/c1-6-10(4)13(8-3)11(7-2)9-12-5/h10-12H,6-9H2,1-5H3. The van der Waals surface area contributed by atoms with E-state index in [1.165, 1.54) is 12.8 Å². The zero-order valence-electron chi connectivity index (χ0n) is 9.93. The van der Waals surface area contributed by atoms with Crippen LogP contribution in [0.15, 0.2) is 0 Å². The van der Waals surface area contributed by atoms with Gasteiger partial charge in [0.1, 0.15) is 0 Å². The van der Waals surface area contributed by atoms with E-state index in [-0.39, 0.29) is 0 Å². The molecule has 2 unspecified atom stereocenters. The van der Waals surface area contributed by atoms with E-state index in [1.54, 1.807) is 0 Å². The van der Waals surface area contributed by atoms with Crippen LogP contribution in [0.5, 0.6) is 0 Å². The Hall–Kier alpha value is -0.0800. The van der Waals surface area contributed by atoms with Crippen LogP contribution >= 0.6 is 0 Å². The first-order valence-corrected chi connectivity index (χ1v) is 5.61. The van der Waals surface area contributed by atoms with Crippen LogP contribution in [0.3, 0.4) is 0 Å². The van der Waals surface area contributed by atoms with Crippen molar-refractivity contribution in [2.24, 2.45) is 0 Å². The highest BCUT2D eigenvalue weighted by molar-refractivity contribution is 4.75. The van der Waals surface area contributed by atoms with E-state index < -0.39 is 0 Å². The molecule has 0 bridgehead atoms. The lowest BCUT2D eigenvalue weighted by molar-refractivity contribution is 0.142. The number of nitrogens with zero attached hydrogens (tertiary/aromatic N) is 1. The lowest BCUT2D eigenvalue weighted by Gasteiger charge is -2.34. The van der Waals surface area contributed by atoms with Gasteiger partial charge in [-0.2, -0.15) is 0 Å². The third kappa shape index (κ3) is 4.10. The van der Waals surface area contributed by atoms with E-state index in [4.69, 9.17) is 0 Å². The van der Waals surface area contributed by atoms with Crippen molar-refractivity contribution in [3.63, 3.8) is 0 Å². The van der Waals surface area contributed by atoms with Crippen LogP contribution < -0.4 is 5.32 Å². The summed E-state index contributed by atoms with van der Waals surface area (Å²) >= 11 is 0. The highest BCUT2D eigenvalue weighted by Gasteiger charge is 2.18. The minimum atomic E-state index is 0.699. The van der Waals surface area contributed by atoms with Crippen LogP contribution in [0.2, 0.25) is 0 Å². The lowest BCUT2D eigenvalue weighted by atomic mass is 10.1. The third-order valence-corrected chi connectivity index (χ3v) is 2.90. The molecule has 0 radical (unpaired) electrons. The SMILES string of the molecule is CCC(C)N(CC)C(CC)CNC. The van der Waals surface area contributed by atoms with Gasteiger partial charge in [0.15, 0.2) is 0 Å². The molecule has 0 saturated heterocycles. The lowest BCUT2D eigenvalue weighted by Crippen LogP contribution is -2.45. The van der Waals surface area contributed by atoms with Gasteiger partial charge in [0.05, 0.1) is 0 Å². The van der Waals surface area contributed by atoms with E-state index in [0.717, 1.165) is 13.1 Å². The zero-order chi connectivity index (χ0) is 10.3. The van der Waals surface area contributed by atoms with Crippen LogP contribution in [0, 0.1) is 0 Å². The van der Waals surface area contributed by atoms with Crippen molar-refractivity contribution in [2.45, 2.75) is 52.6 Å². The molecule has 0 rings (SSSR count). The number of nitrogens with one attached hydrogen (secondary N) is 1. The molecule has 0 amide bonds. The van der Waals surface area contributed by atoms with Gasteiger partial charge in [-0.1, -0.05) is 20.8 Å². The molecule has 2 atom stereocenters. The average Bonchev–Trinajstić information content (AvgIpc) is 2.17. The molecule has 2 nitrogen and oxygen atoms in total. The smallest absolute Gasteiger partial charge is 0.0220 e. The van der Waals surface area contributed by atoms with Gasteiger partial charge in [-0.05, 0) is 33.4 Å². The second-order valence-electron chi connectivity index (χ2n) is 3.71. The van der Waals surface area contributed by atoms with Crippen LogP contribution in [0.1, 0.15) is 40.5 Å². The van der Waals surface area contributed by atoms with Gasteiger partial charge in [0.2, 0.25) is 0 Å². The van der Waals surface area contributed by atoms with Crippen molar-refractivity contribution < 1.29 is 0 Å². The molecule has 13 heavy (non-hydrogen) atoms. The summed E-state index contributed by atoms with van der Waals surface area (Å²) in [5.41, 5.74) is 0. The summed E-state index contributed by atoms with van der Waals surface area (Å²) in [6, 6.07) is 1.41. The number of likely N-dealkylation sites (N-methyl/N-ethyl adjacent to an activating group) is 2. The Kier molecular flexibility index (Phi) is 7.29. The van der Waals surface area contributed by atoms with E-state index in [1.807, 2.05) is 7.05 Å². The molecule has 0 spiro atoms. The summed E-state index contributed by atoms with van der Waals surface area (Å²) in [6.45, 7) is 11.4. The maximum Gasteiger partial charge on any atom is 0.0220 e. The second-order valence-corrected chi connectivity index (χ2v) is 3.71. The van der Waals surface area contributed by atoms with Gasteiger partial charge >= 0.3 is 0 Å². The predicted octanol–water partition coefficient (Wildman–Crippen LogP) is 2.10. The average molecular weight is 186 g/mol. The Morgan fingerprint density at radius 3 is 2.08 bits per heavy atom. The van der Waals surface area contributed by atoms with E-state index in [0.29, 0.717) is 12.1 Å². The van der Waals surface area contributed by atoms with Crippen molar-refractivity contribution in [1.29, 1.82) is 0 Å². The minimum Gasteiger partial charge on any atom is -0.318 e. The second kappa shape index (κ2) is 7.34. The zero-order valence-corrected chi connectivity index (χ0v) is 9.93. The maximum absolute atomic E-state index is 3.27. The van der Waals surface area contributed by atoms with Gasteiger partial charge in [-0.3, -0.25) is 4.90 Å². The van der Waals surface area contributed by atoms with Gasteiger partial charge in [0, 0.05) is 18.6 Å². The predicted molar refractivity (Wildman–Crippen MR) is 60.1 cm³/mol. The molecule has 0 aromatic heterocycles. The first kappa shape index (κ1) is 12.9. The first-order valence-electron chi connectivity index (χ1n) is 5.61. The van der Waals surface area contributed by atoms with Crippen molar-refractivity contribution in [3.8, 4) is 0 Å². The Balaban J connectivity index is 4.15. The van der Waals surface area contributed by atoms with Crippen LogP contribution in [0.4, 0.5) is 0 Å². The minimum absolute atomic E-state index is 0.699. The molecule has 0 aromatic rings. The summed E-state index contributed by atoms with van der Waals surface area (Å²) in [6.07, 6.45) is 2.48. The number of rotatable bonds is 7. The number of hydrogen-bond donors (Lipinski definition) is 1. The summed E-state index contributed by atoms with van der Waals surface area (Å²) in [5.74, 6) is 0.